The van der Waals surface area contributed by atoms with Crippen LogP contribution >= 0.6 is 15.9 Å². The summed E-state index contributed by atoms with van der Waals surface area (Å²) < 4.78 is 0. The van der Waals surface area contributed by atoms with Gasteiger partial charge >= 0.3 is 0 Å². The zero-order valence-corrected chi connectivity index (χ0v) is 7.65. The van der Waals surface area contributed by atoms with Crippen molar-refractivity contribution in [2.45, 2.75) is 19.4 Å². The van der Waals surface area contributed by atoms with Crippen molar-refractivity contribution in [1.82, 2.24) is 5.32 Å². The lowest BCUT2D eigenvalue weighted by Crippen LogP contribution is -2.32. The predicted molar refractivity (Wildman–Crippen MR) is 46.2 cm³/mol. The lowest BCUT2D eigenvalue weighted by molar-refractivity contribution is -0.119. The molecule has 0 aliphatic rings. The molecule has 0 rings (SSSR count). The molecule has 0 aromatic rings. The van der Waals surface area contributed by atoms with E-state index in [0.29, 0.717) is 5.33 Å². The molecule has 0 heterocycles. The Morgan fingerprint density at radius 1 is 1.90 bits per heavy atom. The van der Waals surface area contributed by atoms with E-state index < -0.39 is 0 Å². The highest BCUT2D eigenvalue weighted by Gasteiger charge is 2.02. The summed E-state index contributed by atoms with van der Waals surface area (Å²) >= 11 is 3.06. The smallest absolute Gasteiger partial charge is 0.230 e. The van der Waals surface area contributed by atoms with Crippen LogP contribution in [0.25, 0.3) is 0 Å². The van der Waals surface area contributed by atoms with E-state index in [0.717, 1.165) is 6.42 Å². The van der Waals surface area contributed by atoms with Gasteiger partial charge in [-0.2, -0.15) is 0 Å². The fourth-order valence-corrected chi connectivity index (χ4v) is 0.784. The van der Waals surface area contributed by atoms with Gasteiger partial charge in [0.1, 0.15) is 0 Å². The minimum absolute atomic E-state index is 0.0225. The summed E-state index contributed by atoms with van der Waals surface area (Å²) in [6.07, 6.45) is 2.61. The van der Waals surface area contributed by atoms with Crippen LogP contribution in [0.3, 0.4) is 0 Å². The molecule has 58 valence electrons. The summed E-state index contributed by atoms with van der Waals surface area (Å²) in [5.41, 5.74) is 0. The predicted octanol–water partition coefficient (Wildman–Crippen LogP) is 1.46. The van der Waals surface area contributed by atoms with Crippen LogP contribution < -0.4 is 5.32 Å². The monoisotopic (exact) mass is 205 g/mol. The second-order valence-corrected chi connectivity index (χ2v) is 2.69. The first-order valence-electron chi connectivity index (χ1n) is 3.17. The van der Waals surface area contributed by atoms with Gasteiger partial charge < -0.3 is 5.32 Å². The molecule has 0 aromatic heterocycles. The van der Waals surface area contributed by atoms with E-state index in [-0.39, 0.29) is 11.9 Å². The zero-order valence-electron chi connectivity index (χ0n) is 6.06. The molecule has 1 unspecified atom stereocenters. The van der Waals surface area contributed by atoms with Crippen LogP contribution in [-0.4, -0.2) is 17.3 Å². The largest absolute Gasteiger partial charge is 0.353 e. The van der Waals surface area contributed by atoms with Crippen molar-refractivity contribution in [3.05, 3.63) is 12.7 Å². The van der Waals surface area contributed by atoms with E-state index in [1.54, 1.807) is 6.08 Å². The molecule has 0 bridgehead atoms. The fraction of sp³-hybridized carbons (Fsp3) is 0.571. The first-order chi connectivity index (χ1) is 4.70. The Bertz CT molecular complexity index is 125. The third-order valence-corrected chi connectivity index (χ3v) is 1.56. The van der Waals surface area contributed by atoms with Gasteiger partial charge in [-0.25, -0.2) is 0 Å². The second-order valence-electron chi connectivity index (χ2n) is 2.13. The topological polar surface area (TPSA) is 29.1 Å². The van der Waals surface area contributed by atoms with Gasteiger partial charge in [0.25, 0.3) is 0 Å². The lowest BCUT2D eigenvalue weighted by atomic mass is 10.2. The molecule has 0 aliphatic heterocycles. The Morgan fingerprint density at radius 2 is 2.50 bits per heavy atom. The Morgan fingerprint density at radius 3 is 2.90 bits per heavy atom. The molecular weight excluding hydrogens is 194 g/mol. The highest BCUT2D eigenvalue weighted by atomic mass is 79.9. The van der Waals surface area contributed by atoms with Crippen LogP contribution in [0.1, 0.15) is 13.3 Å². The molecule has 0 radical (unpaired) electrons. The van der Waals surface area contributed by atoms with Crippen molar-refractivity contribution in [3.8, 4) is 0 Å². The van der Waals surface area contributed by atoms with E-state index in [2.05, 4.69) is 27.8 Å². The van der Waals surface area contributed by atoms with Gasteiger partial charge in [-0.3, -0.25) is 4.79 Å². The molecule has 0 saturated heterocycles. The molecule has 3 heteroatoms. The zero-order chi connectivity index (χ0) is 7.98. The van der Waals surface area contributed by atoms with Crippen molar-refractivity contribution in [2.24, 2.45) is 0 Å². The van der Waals surface area contributed by atoms with Crippen LogP contribution in [0.5, 0.6) is 0 Å². The highest BCUT2D eigenvalue weighted by Crippen LogP contribution is 1.90. The van der Waals surface area contributed by atoms with Gasteiger partial charge in [0.15, 0.2) is 0 Å². The van der Waals surface area contributed by atoms with Crippen LogP contribution in [0.4, 0.5) is 0 Å². The van der Waals surface area contributed by atoms with E-state index in [4.69, 9.17) is 0 Å². The number of amides is 1. The van der Waals surface area contributed by atoms with E-state index >= 15 is 0 Å². The van der Waals surface area contributed by atoms with Crippen LogP contribution in [0.2, 0.25) is 0 Å². The van der Waals surface area contributed by atoms with Gasteiger partial charge in [-0.05, 0) is 13.3 Å². The van der Waals surface area contributed by atoms with Crippen molar-refractivity contribution in [2.75, 3.05) is 5.33 Å². The summed E-state index contributed by atoms with van der Waals surface area (Å²) in [7, 11) is 0. The summed E-state index contributed by atoms with van der Waals surface area (Å²) in [6, 6.07) is 0.197. The molecule has 0 aliphatic carbocycles. The van der Waals surface area contributed by atoms with Crippen LogP contribution in [0.15, 0.2) is 12.7 Å². The van der Waals surface area contributed by atoms with E-state index in [1.807, 2.05) is 6.92 Å². The normalized spacial score (nSPS) is 12.2. The van der Waals surface area contributed by atoms with E-state index in [9.17, 15) is 4.79 Å². The quantitative estimate of drug-likeness (QED) is 0.547. The van der Waals surface area contributed by atoms with Crippen LogP contribution in [0, 0.1) is 0 Å². The Hall–Kier alpha value is -0.310. The molecule has 1 N–H and O–H groups in total. The lowest BCUT2D eigenvalue weighted by Gasteiger charge is -2.09. The maximum absolute atomic E-state index is 10.7. The first kappa shape index (κ1) is 9.69. The fourth-order valence-electron chi connectivity index (χ4n) is 0.622. The average molecular weight is 206 g/mol. The summed E-state index contributed by atoms with van der Waals surface area (Å²) in [5.74, 6) is 0.0225. The Labute approximate surface area is 69.8 Å². The highest BCUT2D eigenvalue weighted by molar-refractivity contribution is 9.09. The number of halogens is 1. The van der Waals surface area contributed by atoms with Crippen molar-refractivity contribution in [1.29, 1.82) is 0 Å². The van der Waals surface area contributed by atoms with Gasteiger partial charge in [-0.1, -0.05) is 22.0 Å². The Balaban J connectivity index is 3.46. The SMILES string of the molecule is C=CCC(C)NC(=O)CBr. The van der Waals surface area contributed by atoms with E-state index in [1.165, 1.54) is 0 Å². The number of hydrogen-bond acceptors (Lipinski definition) is 1. The summed E-state index contributed by atoms with van der Waals surface area (Å²) in [6.45, 7) is 5.52. The third kappa shape index (κ3) is 4.56. The molecule has 1 amide bonds. The van der Waals surface area contributed by atoms with Crippen molar-refractivity contribution >= 4 is 21.8 Å². The van der Waals surface area contributed by atoms with Crippen molar-refractivity contribution < 1.29 is 4.79 Å². The standard InChI is InChI=1S/C7H12BrNO/c1-3-4-6(2)9-7(10)5-8/h3,6H,1,4-5H2,2H3,(H,9,10). The van der Waals surface area contributed by atoms with Crippen molar-refractivity contribution in [3.63, 3.8) is 0 Å². The Kier molecular flexibility index (Phi) is 5.30. The molecule has 0 saturated carbocycles. The minimum Gasteiger partial charge on any atom is -0.353 e. The minimum atomic E-state index is 0.0225. The summed E-state index contributed by atoms with van der Waals surface area (Å²) in [4.78, 5) is 10.7. The molecule has 10 heavy (non-hydrogen) atoms. The van der Waals surface area contributed by atoms with Gasteiger partial charge in [-0.15, -0.1) is 6.58 Å². The molecule has 0 spiro atoms. The third-order valence-electron chi connectivity index (χ3n) is 1.05. The number of rotatable bonds is 4. The number of nitrogens with one attached hydrogen (secondary N) is 1. The number of hydrogen-bond donors (Lipinski definition) is 1. The summed E-state index contributed by atoms with van der Waals surface area (Å²) in [5, 5.41) is 3.14. The molecule has 2 nitrogen and oxygen atoms in total. The maximum Gasteiger partial charge on any atom is 0.230 e. The number of alkyl halides is 1. The van der Waals surface area contributed by atoms with Gasteiger partial charge in [0, 0.05) is 6.04 Å². The van der Waals surface area contributed by atoms with Crippen LogP contribution in [-0.2, 0) is 4.79 Å². The molecule has 1 atom stereocenters. The van der Waals surface area contributed by atoms with Gasteiger partial charge in [0.2, 0.25) is 5.91 Å². The number of carbonyl (C=O) groups excluding carboxylic acids is 1. The molecule has 0 aromatic carbocycles. The second kappa shape index (κ2) is 5.47. The average Bonchev–Trinajstić information content (AvgIpc) is 1.88. The first-order valence-corrected chi connectivity index (χ1v) is 4.29. The molecular formula is C7H12BrNO. The van der Waals surface area contributed by atoms with Gasteiger partial charge in [0.05, 0.1) is 5.33 Å². The molecule has 0 fully saturated rings. The maximum atomic E-state index is 10.7. The number of carbonyl (C=O) groups is 1.